The van der Waals surface area contributed by atoms with Gasteiger partial charge in [-0.1, -0.05) is 166 Å². The highest BCUT2D eigenvalue weighted by Gasteiger charge is 2.25. The van der Waals surface area contributed by atoms with Crippen LogP contribution in [0.3, 0.4) is 0 Å². The predicted molar refractivity (Wildman–Crippen MR) is 236 cm³/mol. The van der Waals surface area contributed by atoms with E-state index in [-0.39, 0.29) is 5.41 Å². The van der Waals surface area contributed by atoms with E-state index in [0.29, 0.717) is 0 Å². The molecular formula is C54H46. The van der Waals surface area contributed by atoms with Gasteiger partial charge in [0.25, 0.3) is 0 Å². The third-order valence-corrected chi connectivity index (χ3v) is 11.9. The molecule has 0 heteroatoms. The molecule has 0 saturated carbocycles. The largest absolute Gasteiger partial charge is 0.0616 e. The Bertz CT molecular complexity index is 2940. The Balaban J connectivity index is 1.40. The SMILES string of the molecule is Cc1ccc(-c2cccc3ccccc23)c(C)c1-c1c2ccccc2c(-c2c(C)ccc(-c3cccc4ccccc34)c2C)c2cc(C(C)(C)C)ccc12. The molecule has 0 saturated heterocycles. The molecule has 0 N–H and O–H groups in total. The summed E-state index contributed by atoms with van der Waals surface area (Å²) in [6.07, 6.45) is 0. The molecule has 0 heterocycles. The summed E-state index contributed by atoms with van der Waals surface area (Å²) in [7, 11) is 0. The first kappa shape index (κ1) is 33.8. The Morgan fingerprint density at radius 1 is 0.315 bits per heavy atom. The molecule has 0 amide bonds. The molecule has 0 bridgehead atoms. The van der Waals surface area contributed by atoms with Crippen LogP contribution >= 0.6 is 0 Å². The van der Waals surface area contributed by atoms with Gasteiger partial charge in [0.15, 0.2) is 0 Å². The third-order valence-electron chi connectivity index (χ3n) is 11.9. The van der Waals surface area contributed by atoms with Gasteiger partial charge in [0.1, 0.15) is 0 Å². The van der Waals surface area contributed by atoms with Gasteiger partial charge in [0.05, 0.1) is 0 Å². The fourth-order valence-electron chi connectivity index (χ4n) is 9.15. The van der Waals surface area contributed by atoms with E-state index in [9.17, 15) is 0 Å². The van der Waals surface area contributed by atoms with Gasteiger partial charge in [0, 0.05) is 0 Å². The van der Waals surface area contributed by atoms with Crippen LogP contribution in [0.5, 0.6) is 0 Å². The first-order valence-electron chi connectivity index (χ1n) is 19.3. The molecular weight excluding hydrogens is 649 g/mol. The first-order valence-corrected chi connectivity index (χ1v) is 19.3. The zero-order chi connectivity index (χ0) is 37.3. The Kier molecular flexibility index (Phi) is 8.05. The summed E-state index contributed by atoms with van der Waals surface area (Å²) in [5.74, 6) is 0. The summed E-state index contributed by atoms with van der Waals surface area (Å²) in [6.45, 7) is 16.2. The van der Waals surface area contributed by atoms with Gasteiger partial charge in [0.2, 0.25) is 0 Å². The molecule has 54 heavy (non-hydrogen) atoms. The third kappa shape index (κ3) is 5.35. The van der Waals surface area contributed by atoms with Crippen LogP contribution in [0, 0.1) is 27.7 Å². The van der Waals surface area contributed by atoms with E-state index in [0.717, 1.165) is 0 Å². The van der Waals surface area contributed by atoms with Crippen molar-refractivity contribution < 1.29 is 0 Å². The van der Waals surface area contributed by atoms with E-state index >= 15 is 0 Å². The van der Waals surface area contributed by atoms with Gasteiger partial charge in [-0.2, -0.15) is 0 Å². The lowest BCUT2D eigenvalue weighted by molar-refractivity contribution is 0.591. The van der Waals surface area contributed by atoms with Crippen LogP contribution in [0.4, 0.5) is 0 Å². The molecule has 0 aromatic heterocycles. The average Bonchev–Trinajstić information content (AvgIpc) is 3.18. The second kappa shape index (κ2) is 12.9. The van der Waals surface area contributed by atoms with E-state index in [1.165, 1.54) is 115 Å². The molecule has 0 unspecified atom stereocenters. The number of rotatable bonds is 4. The highest BCUT2D eigenvalue weighted by molar-refractivity contribution is 6.23. The van der Waals surface area contributed by atoms with Gasteiger partial charge in [-0.3, -0.25) is 0 Å². The van der Waals surface area contributed by atoms with E-state index in [4.69, 9.17) is 0 Å². The normalized spacial score (nSPS) is 12.0. The van der Waals surface area contributed by atoms with Crippen LogP contribution in [0.1, 0.15) is 48.6 Å². The minimum absolute atomic E-state index is 0.00766. The van der Waals surface area contributed by atoms with Gasteiger partial charge in [-0.15, -0.1) is 0 Å². The van der Waals surface area contributed by atoms with Crippen molar-refractivity contribution in [1.82, 2.24) is 0 Å². The quantitative estimate of drug-likeness (QED) is 0.161. The van der Waals surface area contributed by atoms with Gasteiger partial charge in [-0.25, -0.2) is 0 Å². The predicted octanol–water partition coefficient (Wildman–Crippen LogP) is 15.5. The molecule has 0 aliphatic rings. The minimum Gasteiger partial charge on any atom is -0.0616 e. The number of hydrogen-bond acceptors (Lipinski definition) is 0. The van der Waals surface area contributed by atoms with Gasteiger partial charge < -0.3 is 0 Å². The number of aryl methyl sites for hydroxylation is 2. The van der Waals surface area contributed by atoms with Crippen LogP contribution in [-0.4, -0.2) is 0 Å². The van der Waals surface area contributed by atoms with Crippen molar-refractivity contribution in [1.29, 1.82) is 0 Å². The van der Waals surface area contributed by atoms with Crippen molar-refractivity contribution >= 4 is 43.1 Å². The van der Waals surface area contributed by atoms with Crippen LogP contribution < -0.4 is 0 Å². The highest BCUT2D eigenvalue weighted by atomic mass is 14.3. The maximum Gasteiger partial charge on any atom is -0.00207 e. The van der Waals surface area contributed by atoms with Crippen molar-refractivity contribution in [3.05, 3.63) is 179 Å². The lowest BCUT2D eigenvalue weighted by atomic mass is 9.78. The zero-order valence-electron chi connectivity index (χ0n) is 32.4. The Hall–Kier alpha value is -5.98. The molecule has 9 rings (SSSR count). The molecule has 9 aromatic carbocycles. The second-order valence-corrected chi connectivity index (χ2v) is 16.2. The summed E-state index contributed by atoms with van der Waals surface area (Å²) in [5.41, 5.74) is 17.0. The maximum absolute atomic E-state index is 2.50. The van der Waals surface area contributed by atoms with Crippen LogP contribution in [0.2, 0.25) is 0 Å². The van der Waals surface area contributed by atoms with Crippen LogP contribution in [0.15, 0.2) is 152 Å². The zero-order valence-corrected chi connectivity index (χ0v) is 32.4. The number of fused-ring (bicyclic) bond motifs is 4. The van der Waals surface area contributed by atoms with Gasteiger partial charge >= 0.3 is 0 Å². The summed E-state index contributed by atoms with van der Waals surface area (Å²) < 4.78 is 0. The van der Waals surface area contributed by atoms with Crippen LogP contribution in [0.25, 0.3) is 87.6 Å². The molecule has 0 nitrogen and oxygen atoms in total. The molecule has 0 fully saturated rings. The molecule has 0 atom stereocenters. The average molecular weight is 695 g/mol. The Morgan fingerprint density at radius 3 is 1.20 bits per heavy atom. The standard InChI is InChI=1S/C54H46/c1-33-26-29-40(44-24-14-18-37-16-8-10-20-42(37)44)35(3)50(33)52-46-22-12-13-23-47(46)53(49-32-39(54(5,6)7)28-31-48(49)52)51-34(2)27-30-41(36(51)4)45-25-15-19-38-17-9-11-21-43(38)45/h8-32H,1-7H3. The summed E-state index contributed by atoms with van der Waals surface area (Å²) in [5, 5.41) is 10.3. The van der Waals surface area contributed by atoms with E-state index in [1.807, 2.05) is 0 Å². The fraction of sp³-hybridized carbons (Fsp3) is 0.148. The summed E-state index contributed by atoms with van der Waals surface area (Å²) in [4.78, 5) is 0. The van der Waals surface area contributed by atoms with Gasteiger partial charge in [-0.05, 0) is 155 Å². The molecule has 262 valence electrons. The van der Waals surface area contributed by atoms with E-state index in [1.54, 1.807) is 0 Å². The van der Waals surface area contributed by atoms with Crippen molar-refractivity contribution in [3.8, 4) is 44.5 Å². The molecule has 0 aliphatic carbocycles. The summed E-state index contributed by atoms with van der Waals surface area (Å²) >= 11 is 0. The lowest BCUT2D eigenvalue weighted by Gasteiger charge is -2.26. The molecule has 0 aliphatic heterocycles. The number of benzene rings is 9. The fourth-order valence-corrected chi connectivity index (χ4v) is 9.15. The summed E-state index contributed by atoms with van der Waals surface area (Å²) in [6, 6.07) is 56.7. The molecule has 0 radical (unpaired) electrons. The Morgan fingerprint density at radius 2 is 0.722 bits per heavy atom. The topological polar surface area (TPSA) is 0 Å². The van der Waals surface area contributed by atoms with Crippen molar-refractivity contribution in [2.75, 3.05) is 0 Å². The molecule has 9 aromatic rings. The first-order chi connectivity index (χ1) is 26.1. The van der Waals surface area contributed by atoms with E-state index < -0.39 is 0 Å². The minimum atomic E-state index is -0.00766. The highest BCUT2D eigenvalue weighted by Crippen LogP contribution is 2.50. The smallest absolute Gasteiger partial charge is 0.00207 e. The van der Waals surface area contributed by atoms with Crippen molar-refractivity contribution in [2.24, 2.45) is 0 Å². The maximum atomic E-state index is 2.50. The van der Waals surface area contributed by atoms with E-state index in [2.05, 4.69) is 200 Å². The van der Waals surface area contributed by atoms with Crippen molar-refractivity contribution in [3.63, 3.8) is 0 Å². The Labute approximate surface area is 319 Å². The monoisotopic (exact) mass is 694 g/mol. The molecule has 0 spiro atoms. The second-order valence-electron chi connectivity index (χ2n) is 16.2. The lowest BCUT2D eigenvalue weighted by Crippen LogP contribution is -2.11. The number of hydrogen-bond donors (Lipinski definition) is 0. The van der Waals surface area contributed by atoms with Crippen LogP contribution in [-0.2, 0) is 5.41 Å². The van der Waals surface area contributed by atoms with Crippen molar-refractivity contribution in [2.45, 2.75) is 53.9 Å².